The van der Waals surface area contributed by atoms with E-state index in [0.717, 1.165) is 22.6 Å². The first kappa shape index (κ1) is 21.4. The summed E-state index contributed by atoms with van der Waals surface area (Å²) in [7, 11) is -1.88. The maximum atomic E-state index is 13.0. The minimum absolute atomic E-state index is 0.319. The lowest BCUT2D eigenvalue weighted by Gasteiger charge is -2.34. The molecule has 170 valence electrons. The summed E-state index contributed by atoms with van der Waals surface area (Å²) in [5.41, 5.74) is 1.58. The van der Waals surface area contributed by atoms with Gasteiger partial charge in [0.15, 0.2) is 5.65 Å². The summed E-state index contributed by atoms with van der Waals surface area (Å²) in [4.78, 5) is 11.7. The number of piperazine rings is 1. The van der Waals surface area contributed by atoms with Crippen molar-refractivity contribution in [3.05, 3.63) is 66.6 Å². The third kappa shape index (κ3) is 3.91. The van der Waals surface area contributed by atoms with Gasteiger partial charge in [-0.25, -0.2) is 23.1 Å². The first-order chi connectivity index (χ1) is 16.0. The highest BCUT2D eigenvalue weighted by atomic mass is 32.2. The maximum absolute atomic E-state index is 13.0. The second-order valence-electron chi connectivity index (χ2n) is 7.79. The molecule has 9 nitrogen and oxygen atoms in total. The molecule has 0 amide bonds. The molecule has 5 rings (SSSR count). The highest BCUT2D eigenvalue weighted by Gasteiger charge is 2.30. The third-order valence-corrected chi connectivity index (χ3v) is 7.67. The molecule has 2 aromatic carbocycles. The number of rotatable bonds is 5. The lowest BCUT2D eigenvalue weighted by Crippen LogP contribution is -2.49. The van der Waals surface area contributed by atoms with Crippen LogP contribution in [0.1, 0.15) is 5.82 Å². The molecule has 0 N–H and O–H groups in total. The Hall–Kier alpha value is -3.50. The number of benzene rings is 2. The summed E-state index contributed by atoms with van der Waals surface area (Å²) in [6.45, 7) is 3.68. The van der Waals surface area contributed by atoms with Gasteiger partial charge in [-0.3, -0.25) is 0 Å². The molecular formula is C23H24N6O3S. The van der Waals surface area contributed by atoms with E-state index in [1.54, 1.807) is 42.3 Å². The molecule has 10 heteroatoms. The Morgan fingerprint density at radius 2 is 1.61 bits per heavy atom. The summed E-state index contributed by atoms with van der Waals surface area (Å²) < 4.78 is 34.5. The van der Waals surface area contributed by atoms with Gasteiger partial charge in [0.05, 0.1) is 29.3 Å². The van der Waals surface area contributed by atoms with Crippen LogP contribution < -0.4 is 9.64 Å². The fraction of sp³-hybridized carbons (Fsp3) is 0.261. The summed E-state index contributed by atoms with van der Waals surface area (Å²) in [6.07, 6.45) is 1.77. The molecule has 33 heavy (non-hydrogen) atoms. The molecule has 0 atom stereocenters. The predicted molar refractivity (Wildman–Crippen MR) is 125 cm³/mol. The normalized spacial score (nSPS) is 15.2. The average molecular weight is 465 g/mol. The number of aromatic nitrogens is 4. The molecular weight excluding hydrogens is 440 g/mol. The molecule has 0 radical (unpaired) electrons. The van der Waals surface area contributed by atoms with E-state index in [9.17, 15) is 8.42 Å². The predicted octanol–water partition coefficient (Wildman–Crippen LogP) is 2.64. The molecule has 3 heterocycles. The van der Waals surface area contributed by atoms with E-state index in [0.29, 0.717) is 42.5 Å². The minimum atomic E-state index is -3.51. The summed E-state index contributed by atoms with van der Waals surface area (Å²) >= 11 is 0. The zero-order chi connectivity index (χ0) is 23.0. The molecule has 2 aromatic heterocycles. The zero-order valence-electron chi connectivity index (χ0n) is 18.4. The maximum Gasteiger partial charge on any atom is 0.243 e. The first-order valence-corrected chi connectivity index (χ1v) is 12.1. The van der Waals surface area contributed by atoms with E-state index < -0.39 is 10.0 Å². The van der Waals surface area contributed by atoms with E-state index in [1.165, 1.54) is 4.31 Å². The largest absolute Gasteiger partial charge is 0.497 e. The van der Waals surface area contributed by atoms with Crippen LogP contribution in [0.15, 0.2) is 65.7 Å². The molecule has 1 fully saturated rings. The van der Waals surface area contributed by atoms with Gasteiger partial charge in [-0.1, -0.05) is 18.2 Å². The average Bonchev–Trinajstić information content (AvgIpc) is 3.28. The third-order valence-electron chi connectivity index (χ3n) is 5.76. The number of fused-ring (bicyclic) bond motifs is 1. The van der Waals surface area contributed by atoms with Gasteiger partial charge in [0.25, 0.3) is 0 Å². The van der Waals surface area contributed by atoms with Crippen molar-refractivity contribution in [3.63, 3.8) is 0 Å². The Kier molecular flexibility index (Phi) is 5.47. The van der Waals surface area contributed by atoms with E-state index in [2.05, 4.69) is 20.0 Å². The molecule has 1 aliphatic heterocycles. The molecule has 1 saturated heterocycles. The monoisotopic (exact) mass is 464 g/mol. The van der Waals surface area contributed by atoms with Crippen LogP contribution in [-0.4, -0.2) is 65.8 Å². The van der Waals surface area contributed by atoms with Crippen LogP contribution in [0.5, 0.6) is 5.75 Å². The quantitative estimate of drug-likeness (QED) is 0.448. The summed E-state index contributed by atoms with van der Waals surface area (Å²) in [5, 5.41) is 5.38. The van der Waals surface area contributed by atoms with Crippen molar-refractivity contribution in [1.82, 2.24) is 24.1 Å². The molecule has 0 bridgehead atoms. The van der Waals surface area contributed by atoms with Crippen LogP contribution in [0.4, 0.5) is 5.82 Å². The first-order valence-electron chi connectivity index (χ1n) is 10.6. The molecule has 0 unspecified atom stereocenters. The van der Waals surface area contributed by atoms with Crippen LogP contribution in [0.2, 0.25) is 0 Å². The van der Waals surface area contributed by atoms with Gasteiger partial charge >= 0.3 is 0 Å². The van der Waals surface area contributed by atoms with Crippen LogP contribution in [0.3, 0.4) is 0 Å². The van der Waals surface area contributed by atoms with Gasteiger partial charge in [-0.05, 0) is 43.3 Å². The highest BCUT2D eigenvalue weighted by molar-refractivity contribution is 7.89. The lowest BCUT2D eigenvalue weighted by molar-refractivity contribution is 0.384. The van der Waals surface area contributed by atoms with Gasteiger partial charge in [0.1, 0.15) is 17.4 Å². The smallest absolute Gasteiger partial charge is 0.243 e. The number of ether oxygens (including phenoxy) is 1. The number of sulfonamides is 1. The van der Waals surface area contributed by atoms with Crippen LogP contribution in [0, 0.1) is 6.92 Å². The van der Waals surface area contributed by atoms with E-state index in [4.69, 9.17) is 4.74 Å². The SMILES string of the molecule is COc1ccc(-n2ncc3c(N4CCN(S(=O)(=O)c5ccccc5)CC4)nc(C)nc32)cc1. The molecule has 4 aromatic rings. The van der Waals surface area contributed by atoms with Gasteiger partial charge in [-0.2, -0.15) is 9.40 Å². The van der Waals surface area contributed by atoms with Crippen molar-refractivity contribution in [2.75, 3.05) is 38.2 Å². The fourth-order valence-corrected chi connectivity index (χ4v) is 5.48. The van der Waals surface area contributed by atoms with Crippen molar-refractivity contribution in [2.45, 2.75) is 11.8 Å². The Morgan fingerprint density at radius 1 is 0.909 bits per heavy atom. The number of anilines is 1. The van der Waals surface area contributed by atoms with Crippen molar-refractivity contribution >= 4 is 26.9 Å². The molecule has 0 aliphatic carbocycles. The standard InChI is InChI=1S/C23H24N6O3S/c1-17-25-22(21-16-24-29(23(21)26-17)18-8-10-19(32-2)11-9-18)27-12-14-28(15-13-27)33(30,31)20-6-4-3-5-7-20/h3-11,16H,12-15H2,1-2H3. The zero-order valence-corrected chi connectivity index (χ0v) is 19.2. The second kappa shape index (κ2) is 8.45. The van der Waals surface area contributed by atoms with Gasteiger partial charge in [-0.15, -0.1) is 0 Å². The highest BCUT2D eigenvalue weighted by Crippen LogP contribution is 2.28. The second-order valence-corrected chi connectivity index (χ2v) is 9.73. The summed E-state index contributed by atoms with van der Waals surface area (Å²) in [6, 6.07) is 16.2. The van der Waals surface area contributed by atoms with Crippen LogP contribution >= 0.6 is 0 Å². The van der Waals surface area contributed by atoms with Crippen LogP contribution in [-0.2, 0) is 10.0 Å². The molecule has 1 aliphatic rings. The number of hydrogen-bond donors (Lipinski definition) is 0. The number of aryl methyl sites for hydroxylation is 1. The van der Waals surface area contributed by atoms with Gasteiger partial charge in [0.2, 0.25) is 10.0 Å². The van der Waals surface area contributed by atoms with Crippen molar-refractivity contribution in [1.29, 1.82) is 0 Å². The van der Waals surface area contributed by atoms with Crippen molar-refractivity contribution in [2.24, 2.45) is 0 Å². The Balaban J connectivity index is 1.42. The number of nitrogens with zero attached hydrogens (tertiary/aromatic N) is 6. The lowest BCUT2D eigenvalue weighted by atomic mass is 10.3. The van der Waals surface area contributed by atoms with Crippen molar-refractivity contribution < 1.29 is 13.2 Å². The molecule has 0 saturated carbocycles. The Bertz CT molecular complexity index is 1380. The van der Waals surface area contributed by atoms with Gasteiger partial charge < -0.3 is 9.64 Å². The van der Waals surface area contributed by atoms with E-state index in [1.807, 2.05) is 37.3 Å². The van der Waals surface area contributed by atoms with E-state index in [-0.39, 0.29) is 0 Å². The van der Waals surface area contributed by atoms with Gasteiger partial charge in [0, 0.05) is 26.2 Å². The number of methoxy groups -OCH3 is 1. The summed E-state index contributed by atoms with van der Waals surface area (Å²) in [5.74, 6) is 2.17. The minimum Gasteiger partial charge on any atom is -0.497 e. The number of hydrogen-bond acceptors (Lipinski definition) is 7. The topological polar surface area (TPSA) is 93.5 Å². The Labute approximate surface area is 192 Å². The van der Waals surface area contributed by atoms with Crippen LogP contribution in [0.25, 0.3) is 16.7 Å². The fourth-order valence-electron chi connectivity index (χ4n) is 4.03. The van der Waals surface area contributed by atoms with Crippen molar-refractivity contribution in [3.8, 4) is 11.4 Å². The van der Waals surface area contributed by atoms with E-state index >= 15 is 0 Å². The Morgan fingerprint density at radius 3 is 2.27 bits per heavy atom. The molecule has 0 spiro atoms.